The second kappa shape index (κ2) is 7.02. The molecule has 0 aliphatic carbocycles. The van der Waals surface area contributed by atoms with Crippen molar-refractivity contribution in [3.8, 4) is 0 Å². The highest BCUT2D eigenvalue weighted by Gasteiger charge is 2.02. The molecule has 0 fully saturated rings. The summed E-state index contributed by atoms with van der Waals surface area (Å²) in [7, 11) is 0. The first-order valence-electron chi connectivity index (χ1n) is 3.63. The molecule has 14 heavy (non-hydrogen) atoms. The minimum atomic E-state index is -3.69. The molecule has 0 amide bonds. The van der Waals surface area contributed by atoms with Crippen LogP contribution >= 0.6 is 28.6 Å². The number of rotatable bonds is 2. The highest BCUT2D eigenvalue weighted by atomic mass is 35.9. The summed E-state index contributed by atoms with van der Waals surface area (Å²) in [5, 5.41) is 0. The van der Waals surface area contributed by atoms with Crippen LogP contribution in [0.25, 0.3) is 0 Å². The van der Waals surface area contributed by atoms with Crippen molar-refractivity contribution in [2.75, 3.05) is 0 Å². The van der Waals surface area contributed by atoms with Gasteiger partial charge in [0.25, 0.3) is 0 Å². The van der Waals surface area contributed by atoms with Crippen LogP contribution in [0.4, 0.5) is 0 Å². The second-order valence-corrected chi connectivity index (χ2v) is 6.43. The Kier molecular flexibility index (Phi) is 6.85. The molecule has 1 aromatic rings. The number of aldehydes is 1. The molecule has 0 atom stereocenters. The Morgan fingerprint density at radius 1 is 1.29 bits per heavy atom. The highest BCUT2D eigenvalue weighted by Crippen LogP contribution is 2.51. The van der Waals surface area contributed by atoms with Crippen molar-refractivity contribution in [2.24, 2.45) is 0 Å². The molecule has 0 aliphatic heterocycles. The van der Waals surface area contributed by atoms with E-state index in [0.29, 0.717) is 6.42 Å². The van der Waals surface area contributed by atoms with Crippen molar-refractivity contribution in [1.82, 2.24) is 0 Å². The summed E-state index contributed by atoms with van der Waals surface area (Å²) in [5.41, 5.74) is 1.08. The van der Waals surface area contributed by atoms with Gasteiger partial charge in [0.1, 0.15) is 6.29 Å². The predicted molar refractivity (Wildman–Crippen MR) is 57.7 cm³/mol. The Balaban J connectivity index is 0.000000292. The number of carbonyl (C=O) groups excluding carboxylic acids is 1. The van der Waals surface area contributed by atoms with Gasteiger partial charge in [0.05, 0.1) is 0 Å². The van der Waals surface area contributed by atoms with E-state index in [0.717, 1.165) is 11.8 Å². The Morgan fingerprint density at radius 2 is 1.71 bits per heavy atom. The molecule has 0 saturated carbocycles. The molecule has 0 unspecified atom stereocenters. The summed E-state index contributed by atoms with van der Waals surface area (Å²) >= 11 is 8.81. The summed E-state index contributed by atoms with van der Waals surface area (Å²) in [4.78, 5) is 17.6. The van der Waals surface area contributed by atoms with Crippen LogP contribution in [0.1, 0.15) is 5.56 Å². The maximum Gasteiger partial charge on any atom is 0.377 e. The molecule has 0 aliphatic rings. The molecule has 0 saturated heterocycles. The Hall–Kier alpha value is -0.340. The van der Waals surface area contributed by atoms with Gasteiger partial charge in [0.15, 0.2) is 0 Å². The second-order valence-electron chi connectivity index (χ2n) is 2.29. The van der Waals surface area contributed by atoms with Gasteiger partial charge < -0.3 is 9.69 Å². The maximum absolute atomic E-state index is 9.97. The number of hydrogen-bond acceptors (Lipinski definition) is 2. The number of benzene rings is 1. The molecule has 3 nitrogen and oxygen atoms in total. The topological polar surface area (TPSA) is 54.4 Å². The van der Waals surface area contributed by atoms with Gasteiger partial charge in [0, 0.05) is 6.42 Å². The summed E-state index contributed by atoms with van der Waals surface area (Å²) in [6, 6.07) is 9.68. The number of carbonyl (C=O) groups is 1. The molecule has 78 valence electrons. The molecule has 0 spiro atoms. The van der Waals surface area contributed by atoms with Gasteiger partial charge >= 0.3 is 6.07 Å². The van der Waals surface area contributed by atoms with Crippen molar-refractivity contribution < 1.29 is 14.3 Å². The fourth-order valence-electron chi connectivity index (χ4n) is 0.710. The SMILES string of the molecule is O=CCc1ccccc1.O=P(O)(Cl)Cl. The largest absolute Gasteiger partial charge is 0.377 e. The van der Waals surface area contributed by atoms with Gasteiger partial charge in [0.2, 0.25) is 0 Å². The van der Waals surface area contributed by atoms with Crippen LogP contribution in [-0.4, -0.2) is 11.2 Å². The third kappa shape index (κ3) is 11.7. The molecular weight excluding hydrogens is 246 g/mol. The molecule has 0 radical (unpaired) electrons. The molecule has 1 N–H and O–H groups in total. The first-order valence-corrected chi connectivity index (χ1v) is 7.10. The number of hydrogen-bond donors (Lipinski definition) is 1. The zero-order valence-corrected chi connectivity index (χ0v) is 9.54. The number of halogens is 2. The summed E-state index contributed by atoms with van der Waals surface area (Å²) in [6.07, 6.45) is -2.25. The van der Waals surface area contributed by atoms with E-state index in [1.165, 1.54) is 0 Å². The lowest BCUT2D eigenvalue weighted by molar-refractivity contribution is -0.107. The molecular formula is C8H9Cl2O3P. The minimum Gasteiger partial charge on any atom is -0.322 e. The van der Waals surface area contributed by atoms with E-state index in [1.54, 1.807) is 0 Å². The molecule has 0 heterocycles. The van der Waals surface area contributed by atoms with E-state index in [4.69, 9.17) is 4.89 Å². The fourth-order valence-corrected chi connectivity index (χ4v) is 0.710. The van der Waals surface area contributed by atoms with E-state index in [-0.39, 0.29) is 0 Å². The van der Waals surface area contributed by atoms with E-state index < -0.39 is 6.07 Å². The first kappa shape index (κ1) is 13.7. The summed E-state index contributed by atoms with van der Waals surface area (Å²) in [5.74, 6) is 0. The molecule has 1 rings (SSSR count). The van der Waals surface area contributed by atoms with Crippen LogP contribution in [0.15, 0.2) is 30.3 Å². The van der Waals surface area contributed by atoms with E-state index in [2.05, 4.69) is 22.5 Å². The van der Waals surface area contributed by atoms with E-state index >= 15 is 0 Å². The van der Waals surface area contributed by atoms with E-state index in [1.807, 2.05) is 30.3 Å². The van der Waals surface area contributed by atoms with Crippen LogP contribution in [0.2, 0.25) is 0 Å². The predicted octanol–water partition coefficient (Wildman–Crippen LogP) is 2.99. The fraction of sp³-hybridized carbons (Fsp3) is 0.125. The third-order valence-corrected chi connectivity index (χ3v) is 1.16. The van der Waals surface area contributed by atoms with Crippen LogP contribution in [0.5, 0.6) is 0 Å². The average molecular weight is 255 g/mol. The standard InChI is InChI=1S/C8H8O.Cl2HO2P/c9-7-6-8-4-2-1-3-5-8;1-5(2,3)4/h1-5,7H,6H2;(H,3,4). The van der Waals surface area contributed by atoms with Crippen LogP contribution < -0.4 is 0 Å². The zero-order valence-electron chi connectivity index (χ0n) is 7.14. The monoisotopic (exact) mass is 254 g/mol. The Morgan fingerprint density at radius 3 is 2.07 bits per heavy atom. The van der Waals surface area contributed by atoms with E-state index in [9.17, 15) is 9.36 Å². The molecule has 0 aromatic heterocycles. The summed E-state index contributed by atoms with van der Waals surface area (Å²) in [6.45, 7) is 0. The van der Waals surface area contributed by atoms with Crippen molar-refractivity contribution >= 4 is 34.8 Å². The van der Waals surface area contributed by atoms with Crippen molar-refractivity contribution in [3.63, 3.8) is 0 Å². The van der Waals surface area contributed by atoms with Gasteiger partial charge in [-0.25, -0.2) is 0 Å². The van der Waals surface area contributed by atoms with Gasteiger partial charge in [-0.05, 0) is 28.0 Å². The molecule has 0 bridgehead atoms. The van der Waals surface area contributed by atoms with Crippen LogP contribution in [0, 0.1) is 0 Å². The maximum atomic E-state index is 9.97. The van der Waals surface area contributed by atoms with Crippen LogP contribution in [0.3, 0.4) is 0 Å². The van der Waals surface area contributed by atoms with Gasteiger partial charge in [-0.15, -0.1) is 0 Å². The lowest BCUT2D eigenvalue weighted by Gasteiger charge is -1.89. The minimum absolute atomic E-state index is 0.529. The average Bonchev–Trinajstić information content (AvgIpc) is 2.03. The van der Waals surface area contributed by atoms with Crippen molar-refractivity contribution in [1.29, 1.82) is 0 Å². The lowest BCUT2D eigenvalue weighted by Crippen LogP contribution is -1.82. The normalized spacial score (nSPS) is 9.93. The first-order chi connectivity index (χ1) is 6.43. The Labute approximate surface area is 91.7 Å². The summed E-state index contributed by atoms with van der Waals surface area (Å²) < 4.78 is 9.30. The third-order valence-electron chi connectivity index (χ3n) is 1.16. The quantitative estimate of drug-likeness (QED) is 0.652. The molecule has 1 aromatic carbocycles. The van der Waals surface area contributed by atoms with Crippen molar-refractivity contribution in [3.05, 3.63) is 35.9 Å². The smallest absolute Gasteiger partial charge is 0.322 e. The van der Waals surface area contributed by atoms with Crippen LogP contribution in [-0.2, 0) is 15.8 Å². The molecule has 6 heteroatoms. The van der Waals surface area contributed by atoms with Gasteiger partial charge in [-0.2, -0.15) is 0 Å². The Bertz CT molecular complexity index is 301. The van der Waals surface area contributed by atoms with Gasteiger partial charge in [-0.3, -0.25) is 4.57 Å². The zero-order chi connectivity index (χ0) is 11.0. The highest BCUT2D eigenvalue weighted by molar-refractivity contribution is 8.04. The van der Waals surface area contributed by atoms with Gasteiger partial charge in [-0.1, -0.05) is 30.3 Å². The van der Waals surface area contributed by atoms with Crippen molar-refractivity contribution in [2.45, 2.75) is 6.42 Å². The lowest BCUT2D eigenvalue weighted by atomic mass is 10.2.